The highest BCUT2D eigenvalue weighted by Crippen LogP contribution is 2.14. The number of primary amides is 1. The minimum atomic E-state index is -0.451. The summed E-state index contributed by atoms with van der Waals surface area (Å²) in [5.74, 6) is 1.23. The van der Waals surface area contributed by atoms with Gasteiger partial charge in [0.1, 0.15) is 5.82 Å². The van der Waals surface area contributed by atoms with E-state index in [0.717, 1.165) is 6.54 Å². The molecule has 1 heterocycles. The van der Waals surface area contributed by atoms with Gasteiger partial charge in [-0.25, -0.2) is 4.98 Å². The quantitative estimate of drug-likeness (QED) is 0.797. The van der Waals surface area contributed by atoms with Gasteiger partial charge in [-0.2, -0.15) is 0 Å². The summed E-state index contributed by atoms with van der Waals surface area (Å²) in [7, 11) is 0. The van der Waals surface area contributed by atoms with Crippen molar-refractivity contribution in [3.8, 4) is 0 Å². The zero-order valence-corrected chi connectivity index (χ0v) is 10.0. The van der Waals surface area contributed by atoms with Gasteiger partial charge in [-0.05, 0) is 24.0 Å². The second-order valence-electron chi connectivity index (χ2n) is 4.37. The van der Waals surface area contributed by atoms with Crippen LogP contribution >= 0.6 is 0 Å². The van der Waals surface area contributed by atoms with Crippen LogP contribution < -0.4 is 11.1 Å². The Morgan fingerprint density at radius 3 is 2.75 bits per heavy atom. The number of pyridine rings is 1. The Morgan fingerprint density at radius 2 is 2.19 bits per heavy atom. The maximum absolute atomic E-state index is 11.1. The molecule has 0 saturated heterocycles. The molecule has 1 unspecified atom stereocenters. The molecule has 1 aromatic heterocycles. The number of rotatable bonds is 5. The molecule has 1 atom stereocenters. The molecule has 1 aromatic rings. The molecule has 0 fully saturated rings. The molecule has 0 aliphatic rings. The molecule has 4 nitrogen and oxygen atoms in total. The molecular weight excluding hydrogens is 202 g/mol. The van der Waals surface area contributed by atoms with E-state index in [1.165, 1.54) is 0 Å². The Labute approximate surface area is 96.3 Å². The van der Waals surface area contributed by atoms with Gasteiger partial charge in [0.05, 0.1) is 5.56 Å². The highest BCUT2D eigenvalue weighted by Gasteiger charge is 2.11. The van der Waals surface area contributed by atoms with Crippen LogP contribution in [0.25, 0.3) is 0 Å². The average molecular weight is 221 g/mol. The third-order valence-corrected chi connectivity index (χ3v) is 2.80. The van der Waals surface area contributed by atoms with Gasteiger partial charge in [0.25, 0.3) is 5.91 Å². The van der Waals surface area contributed by atoms with Gasteiger partial charge in [0.2, 0.25) is 0 Å². The van der Waals surface area contributed by atoms with Crippen molar-refractivity contribution in [1.82, 2.24) is 4.98 Å². The number of amides is 1. The van der Waals surface area contributed by atoms with E-state index in [0.29, 0.717) is 23.2 Å². The molecule has 0 saturated carbocycles. The first-order chi connectivity index (χ1) is 7.52. The summed E-state index contributed by atoms with van der Waals surface area (Å²) >= 11 is 0. The molecule has 0 radical (unpaired) electrons. The molecule has 88 valence electrons. The van der Waals surface area contributed by atoms with Crippen LogP contribution in [0.2, 0.25) is 0 Å². The van der Waals surface area contributed by atoms with Crippen molar-refractivity contribution in [3.05, 3.63) is 23.9 Å². The monoisotopic (exact) mass is 221 g/mol. The molecule has 3 N–H and O–H groups in total. The molecule has 4 heteroatoms. The molecule has 1 rings (SSSR count). The summed E-state index contributed by atoms with van der Waals surface area (Å²) < 4.78 is 0. The number of nitrogens with one attached hydrogen (secondary N) is 1. The van der Waals surface area contributed by atoms with Gasteiger partial charge in [-0.3, -0.25) is 4.79 Å². The van der Waals surface area contributed by atoms with Crippen LogP contribution in [0.1, 0.15) is 31.1 Å². The minimum Gasteiger partial charge on any atom is -0.369 e. The summed E-state index contributed by atoms with van der Waals surface area (Å²) in [6, 6.07) is 3.38. The van der Waals surface area contributed by atoms with Crippen molar-refractivity contribution >= 4 is 11.7 Å². The van der Waals surface area contributed by atoms with Crippen molar-refractivity contribution < 1.29 is 4.79 Å². The Hall–Kier alpha value is -1.58. The fourth-order valence-corrected chi connectivity index (χ4v) is 1.24. The van der Waals surface area contributed by atoms with Crippen LogP contribution in [0.4, 0.5) is 5.82 Å². The predicted molar refractivity (Wildman–Crippen MR) is 65.2 cm³/mol. The van der Waals surface area contributed by atoms with Gasteiger partial charge < -0.3 is 11.1 Å². The number of aromatic nitrogens is 1. The summed E-state index contributed by atoms with van der Waals surface area (Å²) in [4.78, 5) is 15.3. The van der Waals surface area contributed by atoms with Gasteiger partial charge in [-0.15, -0.1) is 0 Å². The number of anilines is 1. The van der Waals surface area contributed by atoms with E-state index in [2.05, 4.69) is 31.1 Å². The number of carbonyl (C=O) groups is 1. The number of nitrogens with two attached hydrogens (primary N) is 1. The maximum Gasteiger partial charge on any atom is 0.252 e. The second kappa shape index (κ2) is 5.49. The lowest BCUT2D eigenvalue weighted by Gasteiger charge is -2.17. The Balaban J connectivity index is 2.70. The molecule has 0 aromatic carbocycles. The summed E-state index contributed by atoms with van der Waals surface area (Å²) in [5, 5.41) is 3.16. The Morgan fingerprint density at radius 1 is 1.50 bits per heavy atom. The van der Waals surface area contributed by atoms with Crippen LogP contribution in [-0.2, 0) is 0 Å². The Kier molecular flexibility index (Phi) is 4.28. The highest BCUT2D eigenvalue weighted by molar-refractivity contribution is 5.97. The number of carbonyl (C=O) groups excluding carboxylic acids is 1. The normalized spacial score (nSPS) is 12.5. The van der Waals surface area contributed by atoms with Crippen LogP contribution in [-0.4, -0.2) is 17.4 Å². The largest absolute Gasteiger partial charge is 0.369 e. The van der Waals surface area contributed by atoms with Gasteiger partial charge >= 0.3 is 0 Å². The number of hydrogen-bond acceptors (Lipinski definition) is 3. The SMILES string of the molecule is CC(C)C(C)CNc1ncccc1C(N)=O. The Bertz CT molecular complexity index is 363. The van der Waals surface area contributed by atoms with Crippen LogP contribution in [0, 0.1) is 11.8 Å². The highest BCUT2D eigenvalue weighted by atomic mass is 16.1. The molecule has 0 aliphatic heterocycles. The molecule has 0 bridgehead atoms. The van der Waals surface area contributed by atoms with Crippen molar-refractivity contribution in [2.75, 3.05) is 11.9 Å². The molecular formula is C12H19N3O. The zero-order valence-electron chi connectivity index (χ0n) is 10.0. The predicted octanol–water partition coefficient (Wildman–Crippen LogP) is 1.88. The van der Waals surface area contributed by atoms with E-state index in [4.69, 9.17) is 5.73 Å². The van der Waals surface area contributed by atoms with Crippen LogP contribution in [0.15, 0.2) is 18.3 Å². The third kappa shape index (κ3) is 3.22. The molecule has 0 aliphatic carbocycles. The van der Waals surface area contributed by atoms with E-state index in [1.54, 1.807) is 18.3 Å². The van der Waals surface area contributed by atoms with Crippen molar-refractivity contribution in [2.45, 2.75) is 20.8 Å². The van der Waals surface area contributed by atoms with Crippen LogP contribution in [0.5, 0.6) is 0 Å². The van der Waals surface area contributed by atoms with Gasteiger partial charge in [0.15, 0.2) is 0 Å². The second-order valence-corrected chi connectivity index (χ2v) is 4.37. The average Bonchev–Trinajstić information content (AvgIpc) is 2.25. The van der Waals surface area contributed by atoms with Gasteiger partial charge in [-0.1, -0.05) is 20.8 Å². The number of hydrogen-bond donors (Lipinski definition) is 2. The summed E-state index contributed by atoms with van der Waals surface area (Å²) in [6.07, 6.45) is 1.65. The van der Waals surface area contributed by atoms with E-state index in [-0.39, 0.29) is 0 Å². The summed E-state index contributed by atoms with van der Waals surface area (Å²) in [5.41, 5.74) is 5.70. The lowest BCUT2D eigenvalue weighted by molar-refractivity contribution is 0.100. The molecule has 0 spiro atoms. The molecule has 1 amide bonds. The smallest absolute Gasteiger partial charge is 0.252 e. The van der Waals surface area contributed by atoms with Crippen LogP contribution in [0.3, 0.4) is 0 Å². The third-order valence-electron chi connectivity index (χ3n) is 2.80. The van der Waals surface area contributed by atoms with E-state index in [9.17, 15) is 4.79 Å². The van der Waals surface area contributed by atoms with E-state index >= 15 is 0 Å². The number of nitrogens with zero attached hydrogens (tertiary/aromatic N) is 1. The fraction of sp³-hybridized carbons (Fsp3) is 0.500. The standard InChI is InChI=1S/C12H19N3O/c1-8(2)9(3)7-15-12-10(11(13)16)5-4-6-14-12/h4-6,8-9H,7H2,1-3H3,(H2,13,16)(H,14,15). The minimum absolute atomic E-state index is 0.443. The fourth-order valence-electron chi connectivity index (χ4n) is 1.24. The summed E-state index contributed by atoms with van der Waals surface area (Å²) in [6.45, 7) is 7.28. The first-order valence-electron chi connectivity index (χ1n) is 5.51. The van der Waals surface area contributed by atoms with Gasteiger partial charge in [0, 0.05) is 12.7 Å². The first kappa shape index (κ1) is 12.5. The van der Waals surface area contributed by atoms with E-state index < -0.39 is 5.91 Å². The lowest BCUT2D eigenvalue weighted by atomic mass is 9.98. The topological polar surface area (TPSA) is 68.0 Å². The lowest BCUT2D eigenvalue weighted by Crippen LogP contribution is -2.20. The molecule has 16 heavy (non-hydrogen) atoms. The van der Waals surface area contributed by atoms with E-state index in [1.807, 2.05) is 0 Å². The maximum atomic E-state index is 11.1. The first-order valence-corrected chi connectivity index (χ1v) is 5.51. The zero-order chi connectivity index (χ0) is 12.1. The van der Waals surface area contributed by atoms with Crippen molar-refractivity contribution in [3.63, 3.8) is 0 Å². The van der Waals surface area contributed by atoms with Crippen molar-refractivity contribution in [2.24, 2.45) is 17.6 Å². The van der Waals surface area contributed by atoms with Crippen molar-refractivity contribution in [1.29, 1.82) is 0 Å².